The van der Waals surface area contributed by atoms with Crippen LogP contribution in [-0.4, -0.2) is 85.6 Å². The molecular weight excluding hydrogens is 551 g/mol. The van der Waals surface area contributed by atoms with E-state index >= 15 is 0 Å². The summed E-state index contributed by atoms with van der Waals surface area (Å²) in [7, 11) is 2.29. The highest BCUT2D eigenvalue weighted by molar-refractivity contribution is 5.94. The molecule has 0 aliphatic carbocycles. The number of carbonyl (C=O) groups is 1. The van der Waals surface area contributed by atoms with E-state index in [9.17, 15) is 9.18 Å². The maximum absolute atomic E-state index is 15.0. The first-order chi connectivity index (χ1) is 21.3. The fourth-order valence-corrected chi connectivity index (χ4v) is 6.42. The lowest BCUT2D eigenvalue weighted by molar-refractivity contribution is -0.913. The number of piperazine rings is 2. The molecular formula is C36H46FN6O+. The first kappa shape index (κ1) is 31.8. The van der Waals surface area contributed by atoms with Crippen LogP contribution in [0, 0.1) is 17.1 Å². The number of nitrogens with zero attached hydrogens (tertiary/aromatic N) is 4. The zero-order chi connectivity index (χ0) is 30.9. The second kappa shape index (κ2) is 14.9. The molecule has 0 unspecified atom stereocenters. The molecule has 2 aliphatic rings. The Morgan fingerprint density at radius 3 is 2.52 bits per heavy atom. The van der Waals surface area contributed by atoms with Gasteiger partial charge in [-0.25, -0.2) is 4.39 Å². The van der Waals surface area contributed by atoms with Gasteiger partial charge in [0.2, 0.25) is 0 Å². The highest BCUT2D eigenvalue weighted by Crippen LogP contribution is 2.26. The Bertz CT molecular complexity index is 1460. The summed E-state index contributed by atoms with van der Waals surface area (Å²) < 4.78 is 16.0. The number of benzene rings is 3. The first-order valence-corrected chi connectivity index (χ1v) is 15.9. The van der Waals surface area contributed by atoms with E-state index in [4.69, 9.17) is 5.26 Å². The van der Waals surface area contributed by atoms with Crippen molar-refractivity contribution in [2.75, 3.05) is 59.4 Å². The van der Waals surface area contributed by atoms with Crippen LogP contribution in [0.4, 0.5) is 4.39 Å². The molecule has 2 saturated heterocycles. The predicted molar refractivity (Wildman–Crippen MR) is 173 cm³/mol. The van der Waals surface area contributed by atoms with Gasteiger partial charge in [-0.3, -0.25) is 14.6 Å². The van der Waals surface area contributed by atoms with Crippen LogP contribution in [0.1, 0.15) is 46.8 Å². The van der Waals surface area contributed by atoms with E-state index in [1.807, 2.05) is 36.4 Å². The maximum atomic E-state index is 15.0. The summed E-state index contributed by atoms with van der Waals surface area (Å²) in [6, 6.07) is 23.8. The normalized spacial score (nSPS) is 18.9. The van der Waals surface area contributed by atoms with Gasteiger partial charge in [-0.15, -0.1) is 0 Å². The maximum Gasteiger partial charge on any atom is 0.251 e. The average molecular weight is 598 g/mol. The van der Waals surface area contributed by atoms with Crippen molar-refractivity contribution in [1.29, 1.82) is 5.26 Å². The fourth-order valence-electron chi connectivity index (χ4n) is 6.42. The molecule has 5 rings (SSSR count). The van der Waals surface area contributed by atoms with E-state index < -0.39 is 0 Å². The Kier molecular flexibility index (Phi) is 10.8. The molecule has 0 radical (unpaired) electrons. The number of likely N-dealkylation sites (N-methyl/N-ethyl adjacent to an activating group) is 1. The van der Waals surface area contributed by atoms with Gasteiger partial charge in [0.1, 0.15) is 5.82 Å². The van der Waals surface area contributed by atoms with Crippen molar-refractivity contribution in [3.05, 3.63) is 94.8 Å². The third kappa shape index (κ3) is 8.73. The summed E-state index contributed by atoms with van der Waals surface area (Å²) in [5, 5.41) is 15.4. The number of carbonyl (C=O) groups excluding carboxylic acids is 1. The van der Waals surface area contributed by atoms with Crippen LogP contribution in [0.15, 0.2) is 66.7 Å². The van der Waals surface area contributed by atoms with E-state index in [1.54, 1.807) is 6.07 Å². The number of unbranched alkanes of at least 4 members (excludes halogenated alkanes) is 1. The van der Waals surface area contributed by atoms with Crippen LogP contribution in [-0.2, 0) is 19.6 Å². The number of hydrogen-bond acceptors (Lipinski definition) is 5. The van der Waals surface area contributed by atoms with Crippen LogP contribution in [0.3, 0.4) is 0 Å². The van der Waals surface area contributed by atoms with Crippen LogP contribution in [0.5, 0.6) is 0 Å². The number of hydrogen-bond donors (Lipinski definition) is 2. The molecule has 3 aromatic rings. The lowest BCUT2D eigenvalue weighted by Crippen LogP contribution is -2.57. The second-order valence-corrected chi connectivity index (χ2v) is 12.8. The van der Waals surface area contributed by atoms with Crippen molar-refractivity contribution in [2.45, 2.75) is 45.4 Å². The minimum absolute atomic E-state index is 0.134. The zero-order valence-electron chi connectivity index (χ0n) is 26.2. The number of rotatable bonds is 11. The van der Waals surface area contributed by atoms with Crippen molar-refractivity contribution in [3.63, 3.8) is 0 Å². The van der Waals surface area contributed by atoms with Gasteiger partial charge >= 0.3 is 0 Å². The topological polar surface area (TPSA) is 71.4 Å². The van der Waals surface area contributed by atoms with Crippen molar-refractivity contribution in [3.8, 4) is 17.2 Å². The highest BCUT2D eigenvalue weighted by atomic mass is 19.1. The molecule has 8 heteroatoms. The first-order valence-electron chi connectivity index (χ1n) is 15.9. The van der Waals surface area contributed by atoms with Crippen LogP contribution < -0.4 is 10.6 Å². The van der Waals surface area contributed by atoms with Crippen LogP contribution in [0.2, 0.25) is 0 Å². The Morgan fingerprint density at radius 2 is 1.75 bits per heavy atom. The Hall–Kier alpha value is -3.61. The molecule has 1 atom stereocenters. The van der Waals surface area contributed by atoms with E-state index in [0.717, 1.165) is 93.0 Å². The molecule has 0 aromatic heterocycles. The zero-order valence-corrected chi connectivity index (χ0v) is 26.2. The third-order valence-corrected chi connectivity index (χ3v) is 9.07. The molecule has 7 nitrogen and oxygen atoms in total. The molecule has 0 bridgehead atoms. The summed E-state index contributed by atoms with van der Waals surface area (Å²) in [6.45, 7) is 12.4. The Morgan fingerprint density at radius 1 is 1.00 bits per heavy atom. The molecule has 2 N–H and O–H groups in total. The molecule has 0 spiro atoms. The summed E-state index contributed by atoms with van der Waals surface area (Å²) in [6.07, 6.45) is 1.58. The summed E-state index contributed by atoms with van der Waals surface area (Å²) >= 11 is 0. The van der Waals surface area contributed by atoms with Crippen LogP contribution in [0.25, 0.3) is 11.1 Å². The SMILES string of the molecule is C[C@H]1CN(Cc2cccc(-c3cc(CNC(=O)c4cccc(CN5CC[N+](C)(CCCC#N)CC5)c4)ccc3F)c2)CCN1. The van der Waals surface area contributed by atoms with Gasteiger partial charge in [0.05, 0.1) is 32.8 Å². The standard InChI is InChI=1S/C36H45FN6O/c1-28-25-42(15-14-39-28)27-30-7-5-9-32(21-30)34-23-29(11-12-35(34)37)24-40-36(44)33-10-6-8-31(22-33)26-41-16-19-43(2,20-17-41)18-4-3-13-38/h5-12,21-23,28,39H,3-4,14-20,24-27H2,1-2H3/p+1/t28-/m0/s1. The second-order valence-electron chi connectivity index (χ2n) is 12.8. The summed E-state index contributed by atoms with van der Waals surface area (Å²) in [5.41, 5.74) is 5.18. The van der Waals surface area contributed by atoms with Crippen molar-refractivity contribution in [2.24, 2.45) is 0 Å². The molecule has 1 amide bonds. The van der Waals surface area contributed by atoms with Gasteiger partial charge in [-0.05, 0) is 59.5 Å². The molecule has 2 fully saturated rings. The number of amides is 1. The van der Waals surface area contributed by atoms with Gasteiger partial charge in [0.15, 0.2) is 0 Å². The molecule has 2 aliphatic heterocycles. The van der Waals surface area contributed by atoms with Gasteiger partial charge in [-0.2, -0.15) is 5.26 Å². The third-order valence-electron chi connectivity index (χ3n) is 9.07. The Balaban J connectivity index is 1.16. The average Bonchev–Trinajstić information content (AvgIpc) is 3.02. The van der Waals surface area contributed by atoms with Gasteiger partial charge < -0.3 is 15.1 Å². The quantitative estimate of drug-likeness (QED) is 0.246. The molecule has 0 saturated carbocycles. The minimum Gasteiger partial charge on any atom is -0.348 e. The Labute approximate surface area is 261 Å². The molecule has 3 aromatic carbocycles. The molecule has 2 heterocycles. The number of nitrogens with one attached hydrogen (secondary N) is 2. The number of halogens is 1. The van der Waals surface area contributed by atoms with E-state index in [2.05, 4.69) is 58.7 Å². The summed E-state index contributed by atoms with van der Waals surface area (Å²) in [5.74, 6) is -0.398. The number of nitriles is 1. The van der Waals surface area contributed by atoms with Crippen molar-refractivity contribution in [1.82, 2.24) is 20.4 Å². The molecule has 232 valence electrons. The van der Waals surface area contributed by atoms with Crippen molar-refractivity contribution < 1.29 is 13.7 Å². The molecule has 44 heavy (non-hydrogen) atoms. The van der Waals surface area contributed by atoms with Gasteiger partial charge in [0, 0.05) is 82.4 Å². The van der Waals surface area contributed by atoms with E-state index in [-0.39, 0.29) is 11.7 Å². The summed E-state index contributed by atoms with van der Waals surface area (Å²) in [4.78, 5) is 18.0. The monoisotopic (exact) mass is 597 g/mol. The minimum atomic E-state index is -0.264. The van der Waals surface area contributed by atoms with E-state index in [0.29, 0.717) is 30.1 Å². The van der Waals surface area contributed by atoms with Gasteiger partial charge in [0.25, 0.3) is 5.91 Å². The fraction of sp³-hybridized carbons (Fsp3) is 0.444. The van der Waals surface area contributed by atoms with Crippen LogP contribution >= 0.6 is 0 Å². The lowest BCUT2D eigenvalue weighted by atomic mass is 10.00. The number of quaternary nitrogens is 1. The largest absolute Gasteiger partial charge is 0.348 e. The van der Waals surface area contributed by atoms with Crippen molar-refractivity contribution >= 4 is 5.91 Å². The predicted octanol–water partition coefficient (Wildman–Crippen LogP) is 4.78. The van der Waals surface area contributed by atoms with E-state index in [1.165, 1.54) is 11.6 Å². The lowest BCUT2D eigenvalue weighted by Gasteiger charge is -2.42. The highest BCUT2D eigenvalue weighted by Gasteiger charge is 2.28. The van der Waals surface area contributed by atoms with Gasteiger partial charge in [-0.1, -0.05) is 36.4 Å². The smallest absolute Gasteiger partial charge is 0.251 e.